The number of anilines is 2. The summed E-state index contributed by atoms with van der Waals surface area (Å²) in [6.45, 7) is 5.32. The quantitative estimate of drug-likeness (QED) is 0.618. The minimum absolute atomic E-state index is 0.0472. The Morgan fingerprint density at radius 2 is 1.67 bits per heavy atom. The molecule has 0 saturated carbocycles. The summed E-state index contributed by atoms with van der Waals surface area (Å²) in [6.07, 6.45) is 1.24. The molecule has 0 aliphatic heterocycles. The first-order chi connectivity index (χ1) is 13.1. The van der Waals surface area contributed by atoms with E-state index in [-0.39, 0.29) is 11.8 Å². The highest BCUT2D eigenvalue weighted by Crippen LogP contribution is 2.21. The number of carbonyl (C=O) groups is 2. The number of hydrogen-bond donors (Lipinski definition) is 2. The summed E-state index contributed by atoms with van der Waals surface area (Å²) >= 11 is 0. The van der Waals surface area contributed by atoms with Crippen LogP contribution in [0.4, 0.5) is 11.4 Å². The summed E-state index contributed by atoms with van der Waals surface area (Å²) in [5.74, 6) is 0.176. The second kappa shape index (κ2) is 11.0. The van der Waals surface area contributed by atoms with Gasteiger partial charge in [-0.1, -0.05) is 25.1 Å². The van der Waals surface area contributed by atoms with Crippen molar-refractivity contribution >= 4 is 23.2 Å². The molecule has 144 valence electrons. The second-order valence-electron chi connectivity index (χ2n) is 5.87. The lowest BCUT2D eigenvalue weighted by atomic mass is 10.1. The fourth-order valence-electron chi connectivity index (χ4n) is 2.46. The van der Waals surface area contributed by atoms with Crippen LogP contribution in [0, 0.1) is 0 Å². The Morgan fingerprint density at radius 1 is 0.926 bits per heavy atom. The summed E-state index contributed by atoms with van der Waals surface area (Å²) in [5, 5.41) is 5.66. The maximum Gasteiger partial charge on any atom is 0.259 e. The fourth-order valence-corrected chi connectivity index (χ4v) is 2.46. The summed E-state index contributed by atoms with van der Waals surface area (Å²) in [6, 6.07) is 14.1. The van der Waals surface area contributed by atoms with E-state index in [0.29, 0.717) is 48.9 Å². The normalized spacial score (nSPS) is 10.3. The van der Waals surface area contributed by atoms with Gasteiger partial charge in [-0.2, -0.15) is 0 Å². The van der Waals surface area contributed by atoms with Crippen LogP contribution in [0.1, 0.15) is 37.0 Å². The van der Waals surface area contributed by atoms with E-state index >= 15 is 0 Å². The van der Waals surface area contributed by atoms with E-state index in [4.69, 9.17) is 9.47 Å². The lowest BCUT2D eigenvalue weighted by molar-refractivity contribution is -0.116. The van der Waals surface area contributed by atoms with E-state index in [1.54, 1.807) is 42.5 Å². The highest BCUT2D eigenvalue weighted by atomic mass is 16.5. The average Bonchev–Trinajstić information content (AvgIpc) is 2.66. The monoisotopic (exact) mass is 370 g/mol. The van der Waals surface area contributed by atoms with Crippen molar-refractivity contribution in [2.24, 2.45) is 0 Å². The van der Waals surface area contributed by atoms with Crippen LogP contribution in [0.5, 0.6) is 5.75 Å². The molecular formula is C21H26N2O4. The Bertz CT molecular complexity index is 761. The first-order valence-electron chi connectivity index (χ1n) is 9.14. The smallest absolute Gasteiger partial charge is 0.259 e. The van der Waals surface area contributed by atoms with Crippen molar-refractivity contribution in [1.29, 1.82) is 0 Å². The van der Waals surface area contributed by atoms with Crippen LogP contribution in [-0.2, 0) is 9.53 Å². The Balaban J connectivity index is 2.03. The summed E-state index contributed by atoms with van der Waals surface area (Å²) < 4.78 is 10.9. The molecule has 6 nitrogen and oxygen atoms in total. The third-order valence-electron chi connectivity index (χ3n) is 3.70. The van der Waals surface area contributed by atoms with Gasteiger partial charge in [0.2, 0.25) is 5.91 Å². The van der Waals surface area contributed by atoms with Crippen molar-refractivity contribution in [3.63, 3.8) is 0 Å². The first kappa shape index (κ1) is 20.5. The standard InChI is InChI=1S/C21H26N2O4/c1-3-8-20(24)22-16-9-7-10-17(15-16)23-21(25)18-11-5-6-12-19(18)27-14-13-26-4-2/h5-7,9-12,15H,3-4,8,13-14H2,1-2H3,(H,22,24)(H,23,25). The van der Waals surface area contributed by atoms with E-state index in [1.165, 1.54) is 0 Å². The van der Waals surface area contributed by atoms with Crippen LogP contribution in [0.3, 0.4) is 0 Å². The molecule has 2 amide bonds. The predicted octanol–water partition coefficient (Wildman–Crippen LogP) is 4.09. The lowest BCUT2D eigenvalue weighted by Gasteiger charge is -2.12. The Labute approximate surface area is 159 Å². The maximum atomic E-state index is 12.7. The van der Waals surface area contributed by atoms with Gasteiger partial charge in [-0.3, -0.25) is 9.59 Å². The molecule has 27 heavy (non-hydrogen) atoms. The van der Waals surface area contributed by atoms with Crippen LogP contribution in [0.15, 0.2) is 48.5 Å². The minimum atomic E-state index is -0.279. The maximum absolute atomic E-state index is 12.7. The molecule has 0 atom stereocenters. The first-order valence-corrected chi connectivity index (χ1v) is 9.14. The summed E-state index contributed by atoms with van der Waals surface area (Å²) in [5.41, 5.74) is 1.68. The van der Waals surface area contributed by atoms with Gasteiger partial charge in [-0.05, 0) is 43.7 Å². The van der Waals surface area contributed by atoms with Crippen molar-refractivity contribution in [1.82, 2.24) is 0 Å². The van der Waals surface area contributed by atoms with Crippen LogP contribution in [0.2, 0.25) is 0 Å². The molecule has 0 aliphatic rings. The predicted molar refractivity (Wildman–Crippen MR) is 106 cm³/mol. The SMILES string of the molecule is CCCC(=O)Nc1cccc(NC(=O)c2ccccc2OCCOCC)c1. The number of amides is 2. The van der Waals surface area contributed by atoms with E-state index in [9.17, 15) is 9.59 Å². The van der Waals surface area contributed by atoms with Crippen molar-refractivity contribution in [2.75, 3.05) is 30.5 Å². The van der Waals surface area contributed by atoms with Crippen molar-refractivity contribution in [3.8, 4) is 5.75 Å². The number of nitrogens with one attached hydrogen (secondary N) is 2. The van der Waals surface area contributed by atoms with Crippen molar-refractivity contribution < 1.29 is 19.1 Å². The number of benzene rings is 2. The van der Waals surface area contributed by atoms with E-state index in [2.05, 4.69) is 10.6 Å². The van der Waals surface area contributed by atoms with Gasteiger partial charge < -0.3 is 20.1 Å². The molecule has 2 rings (SSSR count). The molecule has 0 fully saturated rings. The van der Waals surface area contributed by atoms with Crippen LogP contribution in [-0.4, -0.2) is 31.6 Å². The lowest BCUT2D eigenvalue weighted by Crippen LogP contribution is -2.15. The van der Waals surface area contributed by atoms with Gasteiger partial charge in [0.1, 0.15) is 12.4 Å². The van der Waals surface area contributed by atoms with Crippen LogP contribution >= 0.6 is 0 Å². The number of carbonyl (C=O) groups excluding carboxylic acids is 2. The van der Waals surface area contributed by atoms with Crippen LogP contribution < -0.4 is 15.4 Å². The van der Waals surface area contributed by atoms with Crippen molar-refractivity contribution in [2.45, 2.75) is 26.7 Å². The van der Waals surface area contributed by atoms with Gasteiger partial charge in [-0.25, -0.2) is 0 Å². The molecule has 0 spiro atoms. The van der Waals surface area contributed by atoms with Gasteiger partial charge in [0.05, 0.1) is 12.2 Å². The fraction of sp³-hybridized carbons (Fsp3) is 0.333. The van der Waals surface area contributed by atoms with Gasteiger partial charge in [0.15, 0.2) is 0 Å². The largest absolute Gasteiger partial charge is 0.490 e. The van der Waals surface area contributed by atoms with Gasteiger partial charge in [0, 0.05) is 24.4 Å². The van der Waals surface area contributed by atoms with Gasteiger partial charge >= 0.3 is 0 Å². The second-order valence-corrected chi connectivity index (χ2v) is 5.87. The topological polar surface area (TPSA) is 76.7 Å². The molecule has 2 aromatic rings. The Kier molecular flexibility index (Phi) is 8.32. The Morgan fingerprint density at radius 3 is 2.41 bits per heavy atom. The third-order valence-corrected chi connectivity index (χ3v) is 3.70. The van der Waals surface area contributed by atoms with Crippen LogP contribution in [0.25, 0.3) is 0 Å². The molecule has 0 unspecified atom stereocenters. The highest BCUT2D eigenvalue weighted by Gasteiger charge is 2.13. The molecule has 0 radical (unpaired) electrons. The molecule has 0 aromatic heterocycles. The summed E-state index contributed by atoms with van der Waals surface area (Å²) in [7, 11) is 0. The zero-order chi connectivity index (χ0) is 19.5. The zero-order valence-corrected chi connectivity index (χ0v) is 15.8. The number of ether oxygens (including phenoxy) is 2. The van der Waals surface area contributed by atoms with Gasteiger partial charge in [-0.15, -0.1) is 0 Å². The average molecular weight is 370 g/mol. The molecule has 2 N–H and O–H groups in total. The zero-order valence-electron chi connectivity index (χ0n) is 15.8. The molecule has 0 bridgehead atoms. The Hall–Kier alpha value is -2.86. The molecule has 0 heterocycles. The van der Waals surface area contributed by atoms with Crippen molar-refractivity contribution in [3.05, 3.63) is 54.1 Å². The number of rotatable bonds is 10. The molecule has 0 aliphatic carbocycles. The van der Waals surface area contributed by atoms with E-state index < -0.39 is 0 Å². The molecule has 6 heteroatoms. The molecule has 0 saturated heterocycles. The molecular weight excluding hydrogens is 344 g/mol. The minimum Gasteiger partial charge on any atom is -0.490 e. The molecule has 2 aromatic carbocycles. The van der Waals surface area contributed by atoms with E-state index in [0.717, 1.165) is 6.42 Å². The number of hydrogen-bond acceptors (Lipinski definition) is 4. The summed E-state index contributed by atoms with van der Waals surface area (Å²) in [4.78, 5) is 24.4. The number of para-hydroxylation sites is 1. The highest BCUT2D eigenvalue weighted by molar-refractivity contribution is 6.06. The van der Waals surface area contributed by atoms with Gasteiger partial charge in [0.25, 0.3) is 5.91 Å². The van der Waals surface area contributed by atoms with E-state index in [1.807, 2.05) is 19.9 Å². The third kappa shape index (κ3) is 6.75.